The second-order valence-electron chi connectivity index (χ2n) is 32.5. The van der Waals surface area contributed by atoms with Crippen LogP contribution in [-0.4, -0.2) is 154 Å². The van der Waals surface area contributed by atoms with Crippen molar-refractivity contribution in [1.29, 1.82) is 0 Å². The zero-order valence-corrected chi connectivity index (χ0v) is 66.6. The Morgan fingerprint density at radius 3 is 0.747 bits per heavy atom. The Bertz CT molecular complexity index is 2050. The quantitative estimate of drug-likeness (QED) is 0.0620. The molecular weight excluding hydrogens is 1160 g/mol. The number of fused-ring (bicyclic) bond motifs is 3. The highest BCUT2D eigenvalue weighted by Crippen LogP contribution is 2.42. The molecule has 2 aromatic carbocycles. The first-order valence-electron chi connectivity index (χ1n) is 42.0. The number of quaternary nitrogens is 4. The van der Waals surface area contributed by atoms with Crippen LogP contribution in [0.25, 0.3) is 0 Å². The third kappa shape index (κ3) is 28.3. The molecule has 0 unspecified atom stereocenters. The zero-order chi connectivity index (χ0) is 69.3. The van der Waals surface area contributed by atoms with Crippen molar-refractivity contribution in [2.24, 2.45) is 9.98 Å². The van der Waals surface area contributed by atoms with Gasteiger partial charge in [-0.25, -0.2) is 0 Å². The van der Waals surface area contributed by atoms with Gasteiger partial charge in [0, 0.05) is 23.6 Å². The third-order valence-electron chi connectivity index (χ3n) is 24.2. The summed E-state index contributed by atoms with van der Waals surface area (Å²) >= 11 is 0. The van der Waals surface area contributed by atoms with Crippen LogP contribution in [0, 0.1) is 13.8 Å². The number of aryl methyl sites for hydroxylation is 2. The average molecular weight is 1320 g/mol. The first kappa shape index (κ1) is 84.6. The van der Waals surface area contributed by atoms with E-state index in [4.69, 9.17) is 19.5 Å². The lowest BCUT2D eigenvalue weighted by atomic mass is 9.73. The van der Waals surface area contributed by atoms with Crippen LogP contribution in [0.3, 0.4) is 0 Å². The molecule has 1 heterocycles. The molecule has 2 atom stereocenters. The Kier molecular flexibility index (Phi) is 41.5. The minimum absolute atomic E-state index is 0.0138. The van der Waals surface area contributed by atoms with E-state index < -0.39 is 0 Å². The van der Waals surface area contributed by atoms with Gasteiger partial charge in [0.2, 0.25) is 6.79 Å². The van der Waals surface area contributed by atoms with Crippen LogP contribution in [-0.2, 0) is 10.8 Å². The van der Waals surface area contributed by atoms with Crippen LogP contribution in [0.4, 0.5) is 0 Å². The number of hydrogen-bond acceptors (Lipinski definition) is 4. The Balaban J connectivity index is 1.87. The molecule has 95 heavy (non-hydrogen) atoms. The predicted octanol–water partition coefficient (Wildman–Crippen LogP) is 23.4. The van der Waals surface area contributed by atoms with Crippen molar-refractivity contribution in [3.05, 3.63) is 57.6 Å². The molecule has 1 fully saturated rings. The van der Waals surface area contributed by atoms with E-state index in [-0.39, 0.29) is 29.7 Å². The largest absolute Gasteiger partial charge is 0.457 e. The van der Waals surface area contributed by atoms with Crippen LogP contribution in [0.15, 0.2) is 34.3 Å². The molecule has 0 amide bonds. The molecule has 2 aliphatic rings. The van der Waals surface area contributed by atoms with E-state index in [9.17, 15) is 0 Å². The maximum absolute atomic E-state index is 7.09. The standard InChI is InChI=1S/C87H162N6O2/c1-17-29-53-90(54-30-18-2,55-31-19-3)65-43-49-86(15,50-44-66-91(56-32-20-4,57-33-21-5)58-34-22-6)80-69-76(13)84-78(71-80)73-88-82-47-41-42-48-83(82)89-74-79-72-81(70-77(14)85(79)95-75-94-84)87(16,51-45-67-92(59-35-23-7,60-36-24-8)61-37-25-9)52-46-68-93(62-38-26-10,63-39-27-11)64-40-28-12/h69-74,82-83H,17-68,75H2,1-16H3/q+4/t82-,83-/m0/s1. The van der Waals surface area contributed by atoms with Gasteiger partial charge in [0.25, 0.3) is 0 Å². The van der Waals surface area contributed by atoms with E-state index in [0.717, 1.165) is 35.5 Å². The molecule has 4 rings (SSSR count). The maximum Gasteiger partial charge on any atom is 0.230 e. The van der Waals surface area contributed by atoms with Crippen molar-refractivity contribution in [3.63, 3.8) is 0 Å². The summed E-state index contributed by atoms with van der Waals surface area (Å²) in [7, 11) is 0. The highest BCUT2D eigenvalue weighted by atomic mass is 16.7. The number of ether oxygens (including phenoxy) is 2. The molecule has 0 radical (unpaired) electrons. The molecule has 0 saturated heterocycles. The normalized spacial score (nSPS) is 16.0. The fourth-order valence-electron chi connectivity index (χ4n) is 17.5. The van der Waals surface area contributed by atoms with Crippen molar-refractivity contribution >= 4 is 12.4 Å². The summed E-state index contributed by atoms with van der Waals surface area (Å²) in [5.41, 5.74) is 7.63. The monoisotopic (exact) mass is 1320 g/mol. The molecule has 1 aliphatic heterocycles. The summed E-state index contributed by atoms with van der Waals surface area (Å²) < 4.78 is 19.4. The third-order valence-corrected chi connectivity index (χ3v) is 24.2. The highest BCUT2D eigenvalue weighted by molar-refractivity contribution is 5.86. The van der Waals surface area contributed by atoms with E-state index in [1.165, 1.54) is 363 Å². The van der Waals surface area contributed by atoms with Crippen molar-refractivity contribution < 1.29 is 27.4 Å². The maximum atomic E-state index is 7.09. The number of rotatable bonds is 54. The minimum Gasteiger partial charge on any atom is -0.457 e. The van der Waals surface area contributed by atoms with Gasteiger partial charge in [-0.2, -0.15) is 0 Å². The first-order valence-corrected chi connectivity index (χ1v) is 42.0. The molecule has 548 valence electrons. The van der Waals surface area contributed by atoms with Gasteiger partial charge in [-0.15, -0.1) is 0 Å². The topological polar surface area (TPSA) is 43.2 Å². The Hall–Kier alpha value is -2.78. The van der Waals surface area contributed by atoms with E-state index in [2.05, 4.69) is 147 Å². The van der Waals surface area contributed by atoms with Crippen molar-refractivity contribution in [1.82, 2.24) is 0 Å². The fourth-order valence-corrected chi connectivity index (χ4v) is 17.5. The van der Waals surface area contributed by atoms with E-state index in [1.54, 1.807) is 0 Å². The Morgan fingerprint density at radius 1 is 0.326 bits per heavy atom. The van der Waals surface area contributed by atoms with E-state index >= 15 is 0 Å². The molecule has 0 spiro atoms. The predicted molar refractivity (Wildman–Crippen MR) is 419 cm³/mol. The molecule has 0 aromatic heterocycles. The number of aliphatic imine (C=N–C) groups is 2. The van der Waals surface area contributed by atoms with Gasteiger partial charge in [0.05, 0.1) is 117 Å². The van der Waals surface area contributed by atoms with Crippen LogP contribution < -0.4 is 9.47 Å². The summed E-state index contributed by atoms with van der Waals surface area (Å²) in [5.74, 6) is 1.86. The summed E-state index contributed by atoms with van der Waals surface area (Å²) in [6, 6.07) is 10.4. The van der Waals surface area contributed by atoms with Gasteiger partial charge in [0.1, 0.15) is 11.5 Å². The minimum atomic E-state index is 0.0138. The zero-order valence-electron chi connectivity index (χ0n) is 66.6. The van der Waals surface area contributed by atoms with Crippen LogP contribution in [0.1, 0.15) is 361 Å². The lowest BCUT2D eigenvalue weighted by molar-refractivity contribution is -0.929. The Labute approximate surface area is 592 Å². The van der Waals surface area contributed by atoms with Gasteiger partial charge < -0.3 is 27.4 Å². The lowest BCUT2D eigenvalue weighted by Crippen LogP contribution is -2.51. The van der Waals surface area contributed by atoms with Gasteiger partial charge >= 0.3 is 0 Å². The fraction of sp³-hybridized carbons (Fsp3) is 0.839. The number of nitrogens with zero attached hydrogens (tertiary/aromatic N) is 6. The summed E-state index contributed by atoms with van der Waals surface area (Å²) in [6.45, 7) is 60.1. The SMILES string of the molecule is CCCC[N+](CCCC)(CCCC)CCCC(C)(CCC[N+](CCCC)(CCCC)CCCC)c1cc(C)c2c(c1)C=N[C@H]1CCCC[C@@H]1N=Cc1cc(C(C)(CCC[N+](CCCC)(CCCC)CCCC)CCC[N+](CCCC)(CCCC)CCCC)cc(C)c1OCO2. The lowest BCUT2D eigenvalue weighted by Gasteiger charge is -2.42. The summed E-state index contributed by atoms with van der Waals surface area (Å²) in [5, 5.41) is 0. The van der Waals surface area contributed by atoms with Gasteiger partial charge in [-0.3, -0.25) is 9.98 Å². The van der Waals surface area contributed by atoms with Crippen LogP contribution in [0.5, 0.6) is 11.5 Å². The molecule has 1 saturated carbocycles. The van der Waals surface area contributed by atoms with E-state index in [0.29, 0.717) is 0 Å². The summed E-state index contributed by atoms with van der Waals surface area (Å²) in [6.07, 6.45) is 50.3. The molecule has 8 heteroatoms. The molecule has 0 N–H and O–H groups in total. The molecule has 1 aliphatic carbocycles. The number of unbranched alkanes of at least 4 members (excludes halogenated alkanes) is 12. The first-order chi connectivity index (χ1) is 46.0. The molecule has 0 bridgehead atoms. The second kappa shape index (κ2) is 46.6. The average Bonchev–Trinajstić information content (AvgIpc) is 1.30. The molecule has 8 nitrogen and oxygen atoms in total. The highest BCUT2D eigenvalue weighted by Gasteiger charge is 2.37. The molecular formula is C87H162N6O2+4. The Morgan fingerprint density at radius 2 is 0.537 bits per heavy atom. The second-order valence-corrected chi connectivity index (χ2v) is 32.5. The summed E-state index contributed by atoms with van der Waals surface area (Å²) in [4.78, 5) is 11.3. The molecule has 2 aromatic rings. The van der Waals surface area contributed by atoms with Crippen molar-refractivity contribution in [2.75, 3.05) is 112 Å². The van der Waals surface area contributed by atoms with Gasteiger partial charge in [-0.05, 0) is 200 Å². The van der Waals surface area contributed by atoms with Crippen LogP contribution in [0.2, 0.25) is 0 Å². The van der Waals surface area contributed by atoms with Crippen LogP contribution >= 0.6 is 0 Å². The van der Waals surface area contributed by atoms with Gasteiger partial charge in [-0.1, -0.05) is 199 Å². The number of benzene rings is 2. The van der Waals surface area contributed by atoms with Gasteiger partial charge in [0.15, 0.2) is 0 Å². The van der Waals surface area contributed by atoms with Crippen molar-refractivity contribution in [3.8, 4) is 11.5 Å². The van der Waals surface area contributed by atoms with Crippen molar-refractivity contribution in [2.45, 2.75) is 365 Å². The smallest absolute Gasteiger partial charge is 0.230 e. The van der Waals surface area contributed by atoms with E-state index in [1.807, 2.05) is 0 Å². The number of hydrogen-bond donors (Lipinski definition) is 0.